The van der Waals surface area contributed by atoms with E-state index in [4.69, 9.17) is 5.73 Å². The highest BCUT2D eigenvalue weighted by atomic mass is 16.2. The van der Waals surface area contributed by atoms with Gasteiger partial charge in [-0.05, 0) is 36.4 Å². The molecule has 2 aromatic heterocycles. The second-order valence-corrected chi connectivity index (χ2v) is 8.59. The average molecular weight is 466 g/mol. The summed E-state index contributed by atoms with van der Waals surface area (Å²) in [6.45, 7) is 2.67. The number of carbonyl (C=O) groups excluding carboxylic acids is 2. The van der Waals surface area contributed by atoms with Crippen LogP contribution in [0.15, 0.2) is 66.7 Å². The minimum atomic E-state index is -0.519. The SMILES string of the molecule is NC(=O)c1cccc2[nH]c(-c3ccc(C(=O)N4CCN(c5nc6ccccc6[nH]5)CC4)cc3)nc12. The molecule has 0 atom stereocenters. The molecule has 6 rings (SSSR count). The molecule has 0 unspecified atom stereocenters. The molecule has 4 N–H and O–H groups in total. The van der Waals surface area contributed by atoms with Gasteiger partial charge in [-0.2, -0.15) is 0 Å². The van der Waals surface area contributed by atoms with Crippen molar-refractivity contribution < 1.29 is 9.59 Å². The van der Waals surface area contributed by atoms with Crippen LogP contribution in [0.4, 0.5) is 5.95 Å². The monoisotopic (exact) mass is 465 g/mol. The van der Waals surface area contributed by atoms with Crippen LogP contribution >= 0.6 is 0 Å². The number of benzene rings is 3. The van der Waals surface area contributed by atoms with Gasteiger partial charge < -0.3 is 25.5 Å². The number of amides is 2. The fourth-order valence-corrected chi connectivity index (χ4v) is 4.53. The summed E-state index contributed by atoms with van der Waals surface area (Å²) in [6, 6.07) is 20.6. The maximum absolute atomic E-state index is 13.1. The third-order valence-corrected chi connectivity index (χ3v) is 6.43. The van der Waals surface area contributed by atoms with E-state index >= 15 is 0 Å². The number of fused-ring (bicyclic) bond motifs is 2. The van der Waals surface area contributed by atoms with Crippen LogP contribution < -0.4 is 10.6 Å². The highest BCUT2D eigenvalue weighted by molar-refractivity contribution is 6.04. The van der Waals surface area contributed by atoms with Crippen molar-refractivity contribution in [2.45, 2.75) is 0 Å². The average Bonchev–Trinajstić information content (AvgIpc) is 3.53. The Labute approximate surface area is 200 Å². The number of anilines is 1. The summed E-state index contributed by atoms with van der Waals surface area (Å²) >= 11 is 0. The van der Waals surface area contributed by atoms with E-state index in [2.05, 4.69) is 24.8 Å². The number of carbonyl (C=O) groups is 2. The molecular weight excluding hydrogens is 442 g/mol. The molecule has 2 amide bonds. The maximum Gasteiger partial charge on any atom is 0.253 e. The molecule has 0 saturated carbocycles. The number of H-pyrrole nitrogens is 2. The Morgan fingerprint density at radius 2 is 1.54 bits per heavy atom. The lowest BCUT2D eigenvalue weighted by molar-refractivity contribution is 0.0746. The van der Waals surface area contributed by atoms with E-state index in [-0.39, 0.29) is 5.91 Å². The zero-order valence-electron chi connectivity index (χ0n) is 18.9. The Kier molecular flexibility index (Phi) is 4.95. The number of nitrogens with two attached hydrogens (primary N) is 1. The standard InChI is InChI=1S/C26H23N7O2/c27-23(34)18-4-3-7-21-22(18)31-24(28-21)16-8-10-17(11-9-16)25(35)32-12-14-33(15-13-32)26-29-19-5-1-2-6-20(19)30-26/h1-11H,12-15H2,(H2,27,34)(H,28,31)(H,29,30). The number of hydrogen-bond donors (Lipinski definition) is 3. The minimum absolute atomic E-state index is 0.00132. The van der Waals surface area contributed by atoms with Crippen molar-refractivity contribution in [1.29, 1.82) is 0 Å². The molecule has 0 aliphatic carbocycles. The fourth-order valence-electron chi connectivity index (χ4n) is 4.53. The van der Waals surface area contributed by atoms with Gasteiger partial charge in [0.2, 0.25) is 5.95 Å². The lowest BCUT2D eigenvalue weighted by Crippen LogP contribution is -2.49. The first-order valence-corrected chi connectivity index (χ1v) is 11.4. The van der Waals surface area contributed by atoms with E-state index in [1.54, 1.807) is 12.1 Å². The molecule has 174 valence electrons. The molecule has 3 heterocycles. The van der Waals surface area contributed by atoms with Gasteiger partial charge in [-0.3, -0.25) is 9.59 Å². The van der Waals surface area contributed by atoms with Gasteiger partial charge in [0.05, 0.1) is 22.1 Å². The summed E-state index contributed by atoms with van der Waals surface area (Å²) in [4.78, 5) is 44.6. The topological polar surface area (TPSA) is 124 Å². The van der Waals surface area contributed by atoms with Crippen LogP contribution in [-0.4, -0.2) is 62.8 Å². The van der Waals surface area contributed by atoms with Crippen molar-refractivity contribution in [3.05, 3.63) is 77.9 Å². The Hall–Kier alpha value is -4.66. The minimum Gasteiger partial charge on any atom is -0.366 e. The van der Waals surface area contributed by atoms with Crippen LogP contribution in [0.5, 0.6) is 0 Å². The normalized spacial score (nSPS) is 14.1. The molecule has 9 nitrogen and oxygen atoms in total. The Morgan fingerprint density at radius 3 is 2.29 bits per heavy atom. The van der Waals surface area contributed by atoms with Crippen molar-refractivity contribution in [2.24, 2.45) is 5.73 Å². The molecule has 5 aromatic rings. The number of aromatic nitrogens is 4. The van der Waals surface area contributed by atoms with Crippen molar-refractivity contribution >= 4 is 39.8 Å². The number of primary amides is 1. The summed E-state index contributed by atoms with van der Waals surface area (Å²) in [5.74, 6) is 0.941. The first kappa shape index (κ1) is 20.9. The van der Waals surface area contributed by atoms with Crippen molar-refractivity contribution in [2.75, 3.05) is 31.1 Å². The first-order valence-electron chi connectivity index (χ1n) is 11.4. The van der Waals surface area contributed by atoms with E-state index in [1.807, 2.05) is 59.5 Å². The fraction of sp³-hybridized carbons (Fsp3) is 0.154. The van der Waals surface area contributed by atoms with Crippen LogP contribution in [0, 0.1) is 0 Å². The smallest absolute Gasteiger partial charge is 0.253 e. The summed E-state index contributed by atoms with van der Waals surface area (Å²) in [7, 11) is 0. The Morgan fingerprint density at radius 1 is 0.800 bits per heavy atom. The molecule has 0 radical (unpaired) electrons. The van der Waals surface area contributed by atoms with Gasteiger partial charge in [-0.25, -0.2) is 9.97 Å². The van der Waals surface area contributed by atoms with Crippen molar-refractivity contribution in [3.63, 3.8) is 0 Å². The molecule has 0 bridgehead atoms. The van der Waals surface area contributed by atoms with Crippen molar-refractivity contribution in [1.82, 2.24) is 24.8 Å². The van der Waals surface area contributed by atoms with E-state index in [0.717, 1.165) is 28.1 Å². The number of para-hydroxylation sites is 3. The molecule has 0 spiro atoms. The summed E-state index contributed by atoms with van der Waals surface area (Å²) in [6.07, 6.45) is 0. The molecule has 3 aromatic carbocycles. The zero-order valence-corrected chi connectivity index (χ0v) is 18.9. The van der Waals surface area contributed by atoms with Gasteiger partial charge >= 0.3 is 0 Å². The van der Waals surface area contributed by atoms with Crippen LogP contribution in [0.25, 0.3) is 33.5 Å². The van der Waals surface area contributed by atoms with Gasteiger partial charge in [0.1, 0.15) is 11.3 Å². The second kappa shape index (κ2) is 8.28. The van der Waals surface area contributed by atoms with Gasteiger partial charge in [-0.1, -0.05) is 30.3 Å². The van der Waals surface area contributed by atoms with Crippen LogP contribution in [-0.2, 0) is 0 Å². The van der Waals surface area contributed by atoms with Crippen molar-refractivity contribution in [3.8, 4) is 11.4 Å². The van der Waals surface area contributed by atoms with E-state index in [1.165, 1.54) is 0 Å². The summed E-state index contributed by atoms with van der Waals surface area (Å²) in [5.41, 5.74) is 10.5. The Bertz CT molecular complexity index is 1530. The quantitative estimate of drug-likeness (QED) is 0.376. The molecule has 1 saturated heterocycles. The second-order valence-electron chi connectivity index (χ2n) is 8.59. The van der Waals surface area contributed by atoms with Gasteiger partial charge in [0.25, 0.3) is 11.8 Å². The highest BCUT2D eigenvalue weighted by Gasteiger charge is 2.24. The van der Waals surface area contributed by atoms with Gasteiger partial charge in [0, 0.05) is 37.3 Å². The number of nitrogens with zero attached hydrogens (tertiary/aromatic N) is 4. The van der Waals surface area contributed by atoms with Gasteiger partial charge in [-0.15, -0.1) is 0 Å². The number of rotatable bonds is 4. The summed E-state index contributed by atoms with van der Waals surface area (Å²) < 4.78 is 0. The maximum atomic E-state index is 13.1. The van der Waals surface area contributed by atoms with E-state index in [0.29, 0.717) is 48.6 Å². The molecule has 1 aliphatic rings. The molecule has 9 heteroatoms. The third kappa shape index (κ3) is 3.76. The number of nitrogens with one attached hydrogen (secondary N) is 2. The molecule has 1 fully saturated rings. The van der Waals surface area contributed by atoms with Gasteiger partial charge in [0.15, 0.2) is 0 Å². The van der Waals surface area contributed by atoms with E-state index in [9.17, 15) is 9.59 Å². The number of aromatic amines is 2. The van der Waals surface area contributed by atoms with Crippen LogP contribution in [0.2, 0.25) is 0 Å². The first-order chi connectivity index (χ1) is 17.1. The predicted molar refractivity (Wildman–Crippen MR) is 134 cm³/mol. The summed E-state index contributed by atoms with van der Waals surface area (Å²) in [5, 5.41) is 0. The third-order valence-electron chi connectivity index (χ3n) is 6.43. The number of piperazine rings is 1. The molecular formula is C26H23N7O2. The largest absolute Gasteiger partial charge is 0.366 e. The van der Waals surface area contributed by atoms with Crippen LogP contribution in [0.3, 0.4) is 0 Å². The van der Waals surface area contributed by atoms with E-state index < -0.39 is 5.91 Å². The highest BCUT2D eigenvalue weighted by Crippen LogP contribution is 2.24. The lowest BCUT2D eigenvalue weighted by Gasteiger charge is -2.34. The predicted octanol–water partition coefficient (Wildman–Crippen LogP) is 3.17. The van der Waals surface area contributed by atoms with Crippen LogP contribution in [0.1, 0.15) is 20.7 Å². The molecule has 35 heavy (non-hydrogen) atoms. The lowest BCUT2D eigenvalue weighted by atomic mass is 10.1. The number of imidazole rings is 2. The number of hydrogen-bond acceptors (Lipinski definition) is 5. The Balaban J connectivity index is 1.15. The zero-order chi connectivity index (χ0) is 23.9. The molecule has 1 aliphatic heterocycles.